The molecule has 0 radical (unpaired) electrons. The van der Waals surface area contributed by atoms with Gasteiger partial charge < -0.3 is 0 Å². The molecule has 0 aromatic heterocycles. The highest BCUT2D eigenvalue weighted by molar-refractivity contribution is 8.14. The molecule has 56 valence electrons. The second kappa shape index (κ2) is 3.67. The maximum Gasteiger partial charge on any atom is 0.109 e. The van der Waals surface area contributed by atoms with Crippen molar-refractivity contribution in [2.24, 2.45) is 0 Å². The summed E-state index contributed by atoms with van der Waals surface area (Å²) < 4.78 is 0. The van der Waals surface area contributed by atoms with Gasteiger partial charge in [0.2, 0.25) is 0 Å². The zero-order valence-corrected chi connectivity index (χ0v) is 8.83. The predicted molar refractivity (Wildman–Crippen MR) is 50.8 cm³/mol. The van der Waals surface area contributed by atoms with Gasteiger partial charge in [-0.3, -0.25) is 0 Å². The van der Waals surface area contributed by atoms with Crippen LogP contribution < -0.4 is 0 Å². The topological polar surface area (TPSA) is 0 Å². The van der Waals surface area contributed by atoms with Crippen molar-refractivity contribution in [2.75, 3.05) is 0 Å². The van der Waals surface area contributed by atoms with Gasteiger partial charge >= 0.3 is 0 Å². The Bertz CT molecular complexity index is 75.5. The van der Waals surface area contributed by atoms with Crippen LogP contribution in [0, 0.1) is 0 Å². The summed E-state index contributed by atoms with van der Waals surface area (Å²) in [5.41, 5.74) is 0.867. The summed E-state index contributed by atoms with van der Waals surface area (Å²) in [5.74, 6) is 0. The summed E-state index contributed by atoms with van der Waals surface area (Å²) in [6.45, 7) is 9.19. The molecule has 1 unspecified atom stereocenters. The van der Waals surface area contributed by atoms with Gasteiger partial charge in [-0.15, -0.1) is 0 Å². The molecule has 9 heavy (non-hydrogen) atoms. The molecule has 0 aliphatic carbocycles. The normalized spacial score (nSPS) is 15.7. The molecule has 0 saturated heterocycles. The molecule has 0 aromatic rings. The minimum Gasteiger partial charge on any atom is -0.202 e. The first-order valence-corrected chi connectivity index (χ1v) is 8.07. The van der Waals surface area contributed by atoms with Crippen molar-refractivity contribution in [1.29, 1.82) is 0 Å². The summed E-state index contributed by atoms with van der Waals surface area (Å²) in [6, 6.07) is 0. The Kier molecular flexibility index (Phi) is 3.90. The van der Waals surface area contributed by atoms with Gasteiger partial charge in [-0.05, 0) is 5.54 Å². The van der Waals surface area contributed by atoms with E-state index in [0.29, 0.717) is 0 Å². The molecule has 0 heterocycles. The summed E-state index contributed by atoms with van der Waals surface area (Å²) in [7, 11) is -1.09. The number of rotatable bonds is 3. The standard InChI is InChI=1S/C7H18SSi/c1-5-6-7(2)9(3,4)8/h7-8H,5-6H2,1-4H3. The van der Waals surface area contributed by atoms with E-state index in [9.17, 15) is 0 Å². The van der Waals surface area contributed by atoms with E-state index < -0.39 is 7.22 Å². The van der Waals surface area contributed by atoms with Crippen LogP contribution >= 0.6 is 12.1 Å². The van der Waals surface area contributed by atoms with E-state index in [0.717, 1.165) is 5.54 Å². The molecule has 0 N–H and O–H groups in total. The summed E-state index contributed by atoms with van der Waals surface area (Å²) in [4.78, 5) is 0. The molecule has 0 rings (SSSR count). The molecule has 0 aliphatic rings. The van der Waals surface area contributed by atoms with Gasteiger partial charge in [0, 0.05) is 0 Å². The maximum absolute atomic E-state index is 4.62. The lowest BCUT2D eigenvalue weighted by molar-refractivity contribution is 0.753. The molecular weight excluding hydrogens is 144 g/mol. The third kappa shape index (κ3) is 4.04. The molecule has 0 spiro atoms. The van der Waals surface area contributed by atoms with Crippen LogP contribution in [0.5, 0.6) is 0 Å². The van der Waals surface area contributed by atoms with Gasteiger partial charge in [-0.1, -0.05) is 39.8 Å². The second-order valence-electron chi connectivity index (χ2n) is 3.34. The zero-order valence-electron chi connectivity index (χ0n) is 6.94. The van der Waals surface area contributed by atoms with Crippen LogP contribution in [0.4, 0.5) is 0 Å². The Balaban J connectivity index is 3.59. The summed E-state index contributed by atoms with van der Waals surface area (Å²) >= 11 is 4.62. The van der Waals surface area contributed by atoms with Crippen molar-refractivity contribution in [2.45, 2.75) is 45.3 Å². The number of thiol groups is 1. The fourth-order valence-corrected chi connectivity index (χ4v) is 2.17. The van der Waals surface area contributed by atoms with E-state index in [4.69, 9.17) is 0 Å². The summed E-state index contributed by atoms with van der Waals surface area (Å²) in [5, 5.41) is 0. The highest BCUT2D eigenvalue weighted by atomic mass is 32.3. The molecule has 0 aromatic carbocycles. The van der Waals surface area contributed by atoms with Crippen molar-refractivity contribution in [3.8, 4) is 0 Å². The van der Waals surface area contributed by atoms with Crippen molar-refractivity contribution >= 4 is 19.3 Å². The Labute approximate surface area is 65.1 Å². The number of hydrogen-bond donors (Lipinski definition) is 1. The van der Waals surface area contributed by atoms with E-state index in [-0.39, 0.29) is 0 Å². The molecule has 2 heteroatoms. The Morgan fingerprint density at radius 2 is 1.89 bits per heavy atom. The van der Waals surface area contributed by atoms with Crippen LogP contribution in [-0.2, 0) is 0 Å². The van der Waals surface area contributed by atoms with Crippen molar-refractivity contribution < 1.29 is 0 Å². The molecular formula is C7H18SSi. The fourth-order valence-electron chi connectivity index (χ4n) is 0.786. The van der Waals surface area contributed by atoms with Crippen LogP contribution in [0.1, 0.15) is 26.7 Å². The molecule has 0 amide bonds. The minimum absolute atomic E-state index is 0.867. The van der Waals surface area contributed by atoms with E-state index >= 15 is 0 Å². The summed E-state index contributed by atoms with van der Waals surface area (Å²) in [6.07, 6.45) is 2.65. The predicted octanol–water partition coefficient (Wildman–Crippen LogP) is 3.31. The Morgan fingerprint density at radius 3 is 2.00 bits per heavy atom. The first kappa shape index (κ1) is 9.57. The fraction of sp³-hybridized carbons (Fsp3) is 1.00. The minimum atomic E-state index is -1.09. The third-order valence-electron chi connectivity index (χ3n) is 1.93. The van der Waals surface area contributed by atoms with E-state index in [1.54, 1.807) is 0 Å². The monoisotopic (exact) mass is 162 g/mol. The molecule has 0 nitrogen and oxygen atoms in total. The molecule has 0 fully saturated rings. The average molecular weight is 162 g/mol. The van der Waals surface area contributed by atoms with Gasteiger partial charge in [-0.25, -0.2) is 12.1 Å². The molecule has 1 atom stereocenters. The zero-order chi connectivity index (χ0) is 7.49. The van der Waals surface area contributed by atoms with Gasteiger partial charge in [0.25, 0.3) is 0 Å². The van der Waals surface area contributed by atoms with Crippen LogP contribution in [0.15, 0.2) is 0 Å². The van der Waals surface area contributed by atoms with Crippen molar-refractivity contribution in [3.05, 3.63) is 0 Å². The van der Waals surface area contributed by atoms with Crippen LogP contribution in [0.3, 0.4) is 0 Å². The van der Waals surface area contributed by atoms with Gasteiger partial charge in [0.1, 0.15) is 7.22 Å². The SMILES string of the molecule is CCCC(C)[Si](C)(C)S. The third-order valence-corrected chi connectivity index (χ3v) is 5.95. The quantitative estimate of drug-likeness (QED) is 0.478. The van der Waals surface area contributed by atoms with Crippen LogP contribution in [-0.4, -0.2) is 7.22 Å². The lowest BCUT2D eigenvalue weighted by Gasteiger charge is -2.22. The van der Waals surface area contributed by atoms with Gasteiger partial charge in [0.05, 0.1) is 0 Å². The van der Waals surface area contributed by atoms with Crippen LogP contribution in [0.2, 0.25) is 18.6 Å². The smallest absolute Gasteiger partial charge is 0.109 e. The highest BCUT2D eigenvalue weighted by Gasteiger charge is 2.22. The van der Waals surface area contributed by atoms with E-state index in [1.165, 1.54) is 12.8 Å². The average Bonchev–Trinajstić information content (AvgIpc) is 1.64. The van der Waals surface area contributed by atoms with Crippen molar-refractivity contribution in [1.82, 2.24) is 0 Å². The second-order valence-corrected chi connectivity index (χ2v) is 11.1. The Morgan fingerprint density at radius 1 is 1.44 bits per heavy atom. The van der Waals surface area contributed by atoms with Crippen LogP contribution in [0.25, 0.3) is 0 Å². The molecule has 0 bridgehead atoms. The first-order valence-electron chi connectivity index (χ1n) is 3.70. The van der Waals surface area contributed by atoms with E-state index in [2.05, 4.69) is 39.0 Å². The highest BCUT2D eigenvalue weighted by Crippen LogP contribution is 2.28. The maximum atomic E-state index is 4.62. The van der Waals surface area contributed by atoms with Gasteiger partial charge in [-0.2, -0.15) is 0 Å². The lowest BCUT2D eigenvalue weighted by Crippen LogP contribution is -2.22. The van der Waals surface area contributed by atoms with Gasteiger partial charge in [0.15, 0.2) is 0 Å². The Hall–Kier alpha value is 0.567. The molecule has 0 aliphatic heterocycles. The lowest BCUT2D eigenvalue weighted by atomic mass is 10.3. The largest absolute Gasteiger partial charge is 0.202 e. The first-order chi connectivity index (χ1) is 3.98. The van der Waals surface area contributed by atoms with E-state index in [1.807, 2.05) is 0 Å². The number of hydrogen-bond acceptors (Lipinski definition) is 1. The van der Waals surface area contributed by atoms with Crippen molar-refractivity contribution in [3.63, 3.8) is 0 Å². The molecule has 0 saturated carbocycles.